The van der Waals surface area contributed by atoms with Crippen molar-refractivity contribution in [3.05, 3.63) is 51.4 Å². The third kappa shape index (κ3) is 5.22. The van der Waals surface area contributed by atoms with Crippen LogP contribution < -0.4 is 15.0 Å². The van der Waals surface area contributed by atoms with Gasteiger partial charge in [-0.3, -0.25) is 4.79 Å². The molecular weight excluding hydrogens is 356 g/mol. The molecule has 2 aromatic rings. The number of rotatable bonds is 7. The predicted octanol–water partition coefficient (Wildman–Crippen LogP) is 3.38. The fourth-order valence-electron chi connectivity index (χ4n) is 2.29. The molecular formula is C19H25ClN2O4. The largest absolute Gasteiger partial charge is 0.491 e. The summed E-state index contributed by atoms with van der Waals surface area (Å²) in [5.74, 6) is 0.983. The van der Waals surface area contributed by atoms with Crippen molar-refractivity contribution in [3.63, 3.8) is 0 Å². The summed E-state index contributed by atoms with van der Waals surface area (Å²) in [6.45, 7) is 7.89. The minimum atomic E-state index is -0.456. The van der Waals surface area contributed by atoms with Crippen LogP contribution in [0.5, 0.6) is 11.5 Å². The summed E-state index contributed by atoms with van der Waals surface area (Å²) in [6, 6.07) is 7.42. The normalized spacial score (nSPS) is 12.7. The quantitative estimate of drug-likeness (QED) is 0.797. The second-order valence-electron chi connectivity index (χ2n) is 7.08. The van der Waals surface area contributed by atoms with Gasteiger partial charge in [0.15, 0.2) is 10.8 Å². The lowest BCUT2D eigenvalue weighted by Crippen LogP contribution is -2.36. The van der Waals surface area contributed by atoms with E-state index in [4.69, 9.17) is 26.2 Å². The van der Waals surface area contributed by atoms with Crippen LogP contribution in [-0.4, -0.2) is 27.6 Å². The maximum Gasteiger partial charge on any atom is 0.289 e. The Morgan fingerprint density at radius 1 is 1.27 bits per heavy atom. The molecule has 1 N–H and O–H groups in total. The highest BCUT2D eigenvalue weighted by Gasteiger charge is 2.20. The molecule has 1 aromatic carbocycles. The van der Waals surface area contributed by atoms with Crippen LogP contribution in [0.2, 0.25) is 5.02 Å². The Hall–Kier alpha value is -2.05. The van der Waals surface area contributed by atoms with Crippen LogP contribution >= 0.6 is 11.6 Å². The highest BCUT2D eigenvalue weighted by atomic mass is 35.5. The Bertz CT molecular complexity index is 782. The monoisotopic (exact) mass is 380 g/mol. The van der Waals surface area contributed by atoms with Gasteiger partial charge in [0.05, 0.1) is 17.8 Å². The highest BCUT2D eigenvalue weighted by molar-refractivity contribution is 6.31. The highest BCUT2D eigenvalue weighted by Crippen LogP contribution is 2.22. The van der Waals surface area contributed by atoms with Gasteiger partial charge < -0.3 is 14.6 Å². The van der Waals surface area contributed by atoms with Crippen LogP contribution in [0.15, 0.2) is 35.3 Å². The molecule has 142 valence electrons. The van der Waals surface area contributed by atoms with Gasteiger partial charge in [0.2, 0.25) is 0 Å². The Morgan fingerprint density at radius 3 is 2.50 bits per heavy atom. The van der Waals surface area contributed by atoms with Crippen molar-refractivity contribution in [1.29, 1.82) is 0 Å². The molecule has 0 saturated carbocycles. The van der Waals surface area contributed by atoms with E-state index in [1.54, 1.807) is 0 Å². The second kappa shape index (κ2) is 8.56. The van der Waals surface area contributed by atoms with Crippen molar-refractivity contribution < 1.29 is 14.6 Å². The van der Waals surface area contributed by atoms with Crippen LogP contribution in [0.4, 0.5) is 0 Å². The first-order chi connectivity index (χ1) is 12.2. The van der Waals surface area contributed by atoms with Crippen LogP contribution in [0.3, 0.4) is 0 Å². The first-order valence-corrected chi connectivity index (χ1v) is 8.87. The molecule has 0 saturated heterocycles. The number of aliphatic hydroxyl groups is 1. The topological polar surface area (TPSA) is 73.6 Å². The van der Waals surface area contributed by atoms with Crippen molar-refractivity contribution in [3.8, 4) is 11.5 Å². The zero-order valence-corrected chi connectivity index (χ0v) is 16.3. The lowest BCUT2D eigenvalue weighted by atomic mass is 10.1. The standard InChI is InChI=1S/C19H25ClN2O4/c1-13(9-10-23)26-15-7-5-14(6-8-15)12-25-16-11-21-22(19(2,3)4)18(24)17(16)20/h5-8,11,13,23H,9-10,12H2,1-4H3. The van der Waals surface area contributed by atoms with Gasteiger partial charge in [0, 0.05) is 13.0 Å². The third-order valence-corrected chi connectivity index (χ3v) is 4.06. The first kappa shape index (κ1) is 20.3. The van der Waals surface area contributed by atoms with E-state index in [2.05, 4.69) is 5.10 Å². The molecule has 0 aliphatic carbocycles. The maximum atomic E-state index is 12.3. The average molecular weight is 381 g/mol. The predicted molar refractivity (Wildman–Crippen MR) is 101 cm³/mol. The summed E-state index contributed by atoms with van der Waals surface area (Å²) in [5, 5.41) is 13.1. The summed E-state index contributed by atoms with van der Waals surface area (Å²) in [4.78, 5) is 12.3. The smallest absolute Gasteiger partial charge is 0.289 e. The number of aliphatic hydroxyl groups excluding tert-OH is 1. The molecule has 1 unspecified atom stereocenters. The Balaban J connectivity index is 2.03. The molecule has 0 radical (unpaired) electrons. The summed E-state index contributed by atoms with van der Waals surface area (Å²) in [7, 11) is 0. The molecule has 0 aliphatic rings. The van der Waals surface area contributed by atoms with Gasteiger partial charge in [0.25, 0.3) is 5.56 Å². The van der Waals surface area contributed by atoms with E-state index in [1.165, 1.54) is 10.9 Å². The zero-order chi connectivity index (χ0) is 19.3. The second-order valence-corrected chi connectivity index (χ2v) is 7.46. The van der Waals surface area contributed by atoms with E-state index in [0.717, 1.165) is 11.3 Å². The summed E-state index contributed by atoms with van der Waals surface area (Å²) in [5.41, 5.74) is 0.0731. The molecule has 0 spiro atoms. The van der Waals surface area contributed by atoms with Crippen molar-refractivity contribution in [1.82, 2.24) is 9.78 Å². The van der Waals surface area contributed by atoms with Gasteiger partial charge in [-0.25, -0.2) is 4.68 Å². The van der Waals surface area contributed by atoms with Gasteiger partial charge in [-0.05, 0) is 45.4 Å². The SMILES string of the molecule is CC(CCO)Oc1ccc(COc2cnn(C(C)(C)C)c(=O)c2Cl)cc1. The molecule has 7 heteroatoms. The Morgan fingerprint density at radius 2 is 1.92 bits per heavy atom. The third-order valence-electron chi connectivity index (χ3n) is 3.71. The molecule has 0 bridgehead atoms. The molecule has 6 nitrogen and oxygen atoms in total. The van der Waals surface area contributed by atoms with Crippen LogP contribution in [-0.2, 0) is 12.1 Å². The number of hydrogen-bond donors (Lipinski definition) is 1. The molecule has 0 amide bonds. The van der Waals surface area contributed by atoms with Gasteiger partial charge in [0.1, 0.15) is 12.4 Å². The van der Waals surface area contributed by atoms with Crippen molar-refractivity contribution in [2.45, 2.75) is 52.4 Å². The summed E-state index contributed by atoms with van der Waals surface area (Å²) in [6.07, 6.45) is 1.99. The molecule has 1 atom stereocenters. The molecule has 0 fully saturated rings. The fourth-order valence-corrected chi connectivity index (χ4v) is 2.48. The van der Waals surface area contributed by atoms with Crippen LogP contribution in [0.1, 0.15) is 39.7 Å². The van der Waals surface area contributed by atoms with E-state index in [0.29, 0.717) is 6.42 Å². The van der Waals surface area contributed by atoms with E-state index >= 15 is 0 Å². The molecule has 0 aliphatic heterocycles. The Labute approximate surface area is 158 Å². The van der Waals surface area contributed by atoms with Crippen molar-refractivity contribution in [2.24, 2.45) is 0 Å². The average Bonchev–Trinajstić information content (AvgIpc) is 2.56. The van der Waals surface area contributed by atoms with Crippen molar-refractivity contribution in [2.75, 3.05) is 6.61 Å². The van der Waals surface area contributed by atoms with Crippen LogP contribution in [0.25, 0.3) is 0 Å². The van der Waals surface area contributed by atoms with E-state index < -0.39 is 5.54 Å². The number of halogens is 1. The summed E-state index contributed by atoms with van der Waals surface area (Å²) >= 11 is 6.14. The number of nitrogens with zero attached hydrogens (tertiary/aromatic N) is 2. The molecule has 2 rings (SSSR count). The maximum absolute atomic E-state index is 12.3. The minimum absolute atomic E-state index is 0.0210. The number of ether oxygens (including phenoxy) is 2. The van der Waals surface area contributed by atoms with Gasteiger partial charge >= 0.3 is 0 Å². The number of aromatic nitrogens is 2. The molecule has 1 aromatic heterocycles. The van der Waals surface area contributed by atoms with Crippen LogP contribution in [0, 0.1) is 0 Å². The first-order valence-electron chi connectivity index (χ1n) is 8.50. The Kier molecular flexibility index (Phi) is 6.67. The lowest BCUT2D eigenvalue weighted by Gasteiger charge is -2.21. The van der Waals surface area contributed by atoms with Gasteiger partial charge in [-0.2, -0.15) is 5.10 Å². The molecule has 1 heterocycles. The van der Waals surface area contributed by atoms with Gasteiger partial charge in [-0.1, -0.05) is 23.7 Å². The summed E-state index contributed by atoms with van der Waals surface area (Å²) < 4.78 is 12.7. The van der Waals surface area contributed by atoms with E-state index in [-0.39, 0.29) is 35.6 Å². The van der Waals surface area contributed by atoms with Gasteiger partial charge in [-0.15, -0.1) is 0 Å². The fraction of sp³-hybridized carbons (Fsp3) is 0.474. The molecule has 26 heavy (non-hydrogen) atoms. The van der Waals surface area contributed by atoms with E-state index in [1.807, 2.05) is 52.0 Å². The minimum Gasteiger partial charge on any atom is -0.491 e. The number of benzene rings is 1. The lowest BCUT2D eigenvalue weighted by molar-refractivity contribution is 0.168. The van der Waals surface area contributed by atoms with Crippen molar-refractivity contribution >= 4 is 11.6 Å². The van der Waals surface area contributed by atoms with E-state index in [9.17, 15) is 4.79 Å². The zero-order valence-electron chi connectivity index (χ0n) is 15.5. The number of hydrogen-bond acceptors (Lipinski definition) is 5.